The first-order valence-corrected chi connectivity index (χ1v) is 7.92. The Morgan fingerprint density at radius 3 is 2.70 bits per heavy atom. The molecule has 0 saturated heterocycles. The molecule has 5 heteroatoms. The molecule has 0 aliphatic carbocycles. The number of hydrogen-bond donors (Lipinski definition) is 2. The average Bonchev–Trinajstić information content (AvgIpc) is 2.95. The van der Waals surface area contributed by atoms with Crippen LogP contribution in [0.5, 0.6) is 0 Å². The van der Waals surface area contributed by atoms with Crippen LogP contribution in [0.1, 0.15) is 14.5 Å². The summed E-state index contributed by atoms with van der Waals surface area (Å²) in [5.74, 6) is 5.20. The van der Waals surface area contributed by atoms with Crippen LogP contribution in [0.25, 0.3) is 0 Å². The van der Waals surface area contributed by atoms with Gasteiger partial charge in [-0.25, -0.2) is 0 Å². The molecule has 0 atom stereocenters. The highest BCUT2D eigenvalue weighted by molar-refractivity contribution is 7.98. The van der Waals surface area contributed by atoms with E-state index in [2.05, 4.69) is 17.2 Å². The van der Waals surface area contributed by atoms with Crippen LogP contribution >= 0.6 is 23.1 Å². The first-order chi connectivity index (χ1) is 9.72. The fraction of sp³-hybridized carbons (Fsp3) is 0.133. The molecule has 2 rings (SSSR count). The van der Waals surface area contributed by atoms with E-state index in [1.54, 1.807) is 23.9 Å². The van der Waals surface area contributed by atoms with E-state index in [4.69, 9.17) is 5.11 Å². The molecule has 0 unspecified atom stereocenters. The zero-order valence-corrected chi connectivity index (χ0v) is 12.5. The molecule has 102 valence electrons. The van der Waals surface area contributed by atoms with Gasteiger partial charge in [-0.1, -0.05) is 11.8 Å². The Balaban J connectivity index is 2.05. The van der Waals surface area contributed by atoms with E-state index >= 15 is 0 Å². The van der Waals surface area contributed by atoms with E-state index in [-0.39, 0.29) is 12.5 Å². The van der Waals surface area contributed by atoms with E-state index in [0.29, 0.717) is 4.88 Å². The molecule has 0 spiro atoms. The van der Waals surface area contributed by atoms with Gasteiger partial charge in [0.1, 0.15) is 6.61 Å². The van der Waals surface area contributed by atoms with E-state index in [0.717, 1.165) is 15.5 Å². The van der Waals surface area contributed by atoms with E-state index in [9.17, 15) is 4.79 Å². The smallest absolute Gasteiger partial charge is 0.265 e. The Hall–Kier alpha value is -1.74. The molecule has 2 aromatic rings. The molecular weight excluding hydrogens is 290 g/mol. The summed E-state index contributed by atoms with van der Waals surface area (Å²) < 4.78 is 0. The van der Waals surface area contributed by atoms with Crippen molar-refractivity contribution in [1.82, 2.24) is 0 Å². The minimum Gasteiger partial charge on any atom is -0.384 e. The molecule has 0 bridgehead atoms. The van der Waals surface area contributed by atoms with Gasteiger partial charge in [0.15, 0.2) is 0 Å². The van der Waals surface area contributed by atoms with Gasteiger partial charge in [0, 0.05) is 10.6 Å². The Kier molecular flexibility index (Phi) is 5.24. The first kappa shape index (κ1) is 14.7. The lowest BCUT2D eigenvalue weighted by molar-refractivity contribution is 0.103. The number of amides is 1. The number of aliphatic hydroxyl groups is 1. The van der Waals surface area contributed by atoms with Gasteiger partial charge in [0.25, 0.3) is 5.91 Å². The standard InChI is InChI=1S/C15H13NO2S2/c1-19-12-6-4-11(5-7-12)16-15(18)14-9-8-13(20-14)3-2-10-17/h4-9,17H,10H2,1H3,(H,16,18). The van der Waals surface area contributed by atoms with Crippen LogP contribution in [0.15, 0.2) is 41.3 Å². The lowest BCUT2D eigenvalue weighted by Gasteiger charge is -2.04. The predicted octanol–water partition coefficient (Wildman–Crippen LogP) is 3.07. The number of anilines is 1. The van der Waals surface area contributed by atoms with Crippen LogP contribution in [0.3, 0.4) is 0 Å². The highest BCUT2D eigenvalue weighted by atomic mass is 32.2. The molecule has 1 aromatic carbocycles. The van der Waals surface area contributed by atoms with Crippen LogP contribution in [0, 0.1) is 11.8 Å². The van der Waals surface area contributed by atoms with Gasteiger partial charge in [0.2, 0.25) is 0 Å². The number of carbonyl (C=O) groups is 1. The second-order valence-corrected chi connectivity index (χ2v) is 5.77. The Labute approximate surface area is 126 Å². The topological polar surface area (TPSA) is 49.3 Å². The number of thiophene rings is 1. The number of thioether (sulfide) groups is 1. The molecule has 0 radical (unpaired) electrons. The van der Waals surface area contributed by atoms with Crippen molar-refractivity contribution in [3.63, 3.8) is 0 Å². The second-order valence-electron chi connectivity index (χ2n) is 3.81. The van der Waals surface area contributed by atoms with Crippen molar-refractivity contribution < 1.29 is 9.90 Å². The number of benzene rings is 1. The molecule has 0 saturated carbocycles. The lowest BCUT2D eigenvalue weighted by atomic mass is 10.3. The lowest BCUT2D eigenvalue weighted by Crippen LogP contribution is -2.09. The Morgan fingerprint density at radius 1 is 1.30 bits per heavy atom. The number of hydrogen-bond acceptors (Lipinski definition) is 4. The first-order valence-electron chi connectivity index (χ1n) is 5.88. The maximum absolute atomic E-state index is 12.1. The van der Waals surface area contributed by atoms with Crippen LogP contribution in [0.2, 0.25) is 0 Å². The fourth-order valence-electron chi connectivity index (χ4n) is 1.52. The van der Waals surface area contributed by atoms with Crippen molar-refractivity contribution in [2.75, 3.05) is 18.2 Å². The number of nitrogens with one attached hydrogen (secondary N) is 1. The summed E-state index contributed by atoms with van der Waals surface area (Å²) in [6.07, 6.45) is 2.01. The number of rotatable bonds is 3. The molecule has 3 nitrogen and oxygen atoms in total. The molecule has 1 heterocycles. The minimum absolute atomic E-state index is 0.149. The van der Waals surface area contributed by atoms with Gasteiger partial charge in [-0.2, -0.15) is 0 Å². The summed E-state index contributed by atoms with van der Waals surface area (Å²) in [7, 11) is 0. The third-order valence-electron chi connectivity index (χ3n) is 2.47. The number of aliphatic hydroxyl groups excluding tert-OH is 1. The van der Waals surface area contributed by atoms with Gasteiger partial charge < -0.3 is 10.4 Å². The summed E-state index contributed by atoms with van der Waals surface area (Å²) in [4.78, 5) is 14.6. The summed E-state index contributed by atoms with van der Waals surface area (Å²) in [5.41, 5.74) is 0.768. The van der Waals surface area contributed by atoms with E-state index in [1.807, 2.05) is 30.5 Å². The zero-order valence-electron chi connectivity index (χ0n) is 10.8. The monoisotopic (exact) mass is 303 g/mol. The average molecular weight is 303 g/mol. The maximum Gasteiger partial charge on any atom is 0.265 e. The minimum atomic E-state index is -0.179. The molecule has 20 heavy (non-hydrogen) atoms. The van der Waals surface area contributed by atoms with Gasteiger partial charge in [-0.05, 0) is 42.7 Å². The van der Waals surface area contributed by atoms with Crippen LogP contribution < -0.4 is 5.32 Å². The molecule has 0 aliphatic rings. The SMILES string of the molecule is CSc1ccc(NC(=O)c2ccc(C#CCO)s2)cc1. The van der Waals surface area contributed by atoms with Gasteiger partial charge >= 0.3 is 0 Å². The maximum atomic E-state index is 12.1. The van der Waals surface area contributed by atoms with E-state index in [1.165, 1.54) is 11.3 Å². The van der Waals surface area contributed by atoms with E-state index < -0.39 is 0 Å². The summed E-state index contributed by atoms with van der Waals surface area (Å²) >= 11 is 2.96. The van der Waals surface area contributed by atoms with Gasteiger partial charge in [0.05, 0.1) is 9.75 Å². The third kappa shape index (κ3) is 3.87. The third-order valence-corrected chi connectivity index (χ3v) is 4.21. The summed E-state index contributed by atoms with van der Waals surface area (Å²) in [5, 5.41) is 11.5. The molecular formula is C15H13NO2S2. The van der Waals surface area contributed by atoms with Crippen LogP contribution in [0.4, 0.5) is 5.69 Å². The number of carbonyl (C=O) groups excluding carboxylic acids is 1. The Morgan fingerprint density at radius 2 is 2.05 bits per heavy atom. The molecule has 1 aromatic heterocycles. The summed E-state index contributed by atoms with van der Waals surface area (Å²) in [6, 6.07) is 11.2. The molecule has 0 aliphatic heterocycles. The Bertz CT molecular complexity index is 651. The predicted molar refractivity (Wildman–Crippen MR) is 84.5 cm³/mol. The van der Waals surface area contributed by atoms with Crippen LogP contribution in [-0.2, 0) is 0 Å². The highest BCUT2D eigenvalue weighted by Gasteiger charge is 2.08. The zero-order chi connectivity index (χ0) is 14.4. The molecule has 2 N–H and O–H groups in total. The van der Waals surface area contributed by atoms with Crippen molar-refractivity contribution in [2.45, 2.75) is 4.90 Å². The van der Waals surface area contributed by atoms with Crippen LogP contribution in [-0.4, -0.2) is 23.9 Å². The van der Waals surface area contributed by atoms with Gasteiger partial charge in [-0.15, -0.1) is 23.1 Å². The highest BCUT2D eigenvalue weighted by Crippen LogP contribution is 2.20. The van der Waals surface area contributed by atoms with Crippen molar-refractivity contribution in [3.8, 4) is 11.8 Å². The van der Waals surface area contributed by atoms with Crippen molar-refractivity contribution >= 4 is 34.7 Å². The summed E-state index contributed by atoms with van der Waals surface area (Å²) in [6.45, 7) is -0.179. The molecule has 0 fully saturated rings. The normalized spacial score (nSPS) is 9.70. The quantitative estimate of drug-likeness (QED) is 0.677. The molecule has 1 amide bonds. The van der Waals surface area contributed by atoms with Gasteiger partial charge in [-0.3, -0.25) is 4.79 Å². The largest absolute Gasteiger partial charge is 0.384 e. The fourth-order valence-corrected chi connectivity index (χ4v) is 2.71. The second kappa shape index (κ2) is 7.15. The van der Waals surface area contributed by atoms with Crippen molar-refractivity contribution in [2.24, 2.45) is 0 Å². The van der Waals surface area contributed by atoms with Crippen molar-refractivity contribution in [3.05, 3.63) is 46.2 Å². The van der Waals surface area contributed by atoms with Crippen molar-refractivity contribution in [1.29, 1.82) is 0 Å².